The lowest BCUT2D eigenvalue weighted by atomic mass is 10.3. The van der Waals surface area contributed by atoms with E-state index in [4.69, 9.17) is 0 Å². The van der Waals surface area contributed by atoms with E-state index < -0.39 is 0 Å². The molecule has 1 rings (SSSR count). The molecular weight excluding hydrogens is 164 g/mol. The maximum absolute atomic E-state index is 4.21. The molecule has 1 unspecified atom stereocenters. The van der Waals surface area contributed by atoms with Gasteiger partial charge in [-0.2, -0.15) is 5.10 Å². The average Bonchev–Trinajstić information content (AvgIpc) is 2.61. The molecule has 0 saturated carbocycles. The fourth-order valence-electron chi connectivity index (χ4n) is 1.18. The quantitative estimate of drug-likeness (QED) is 0.747. The molecule has 0 fully saturated rings. The molecular formula is C9H18N4. The highest BCUT2D eigenvalue weighted by Gasteiger charge is 2.08. The summed E-state index contributed by atoms with van der Waals surface area (Å²) in [4.78, 5) is 4.21. The first kappa shape index (κ1) is 10.2. The van der Waals surface area contributed by atoms with Crippen molar-refractivity contribution in [2.75, 3.05) is 6.54 Å². The van der Waals surface area contributed by atoms with Crippen LogP contribution in [0.3, 0.4) is 0 Å². The Hall–Kier alpha value is -0.900. The first-order valence-corrected chi connectivity index (χ1v) is 4.88. The van der Waals surface area contributed by atoms with Crippen molar-refractivity contribution >= 4 is 0 Å². The highest BCUT2D eigenvalue weighted by Crippen LogP contribution is 2.09. The lowest BCUT2D eigenvalue weighted by Gasteiger charge is -2.11. The van der Waals surface area contributed by atoms with E-state index in [1.807, 2.05) is 4.68 Å². The van der Waals surface area contributed by atoms with Crippen molar-refractivity contribution in [2.24, 2.45) is 0 Å². The van der Waals surface area contributed by atoms with Crippen LogP contribution in [0.15, 0.2) is 6.33 Å². The first-order chi connectivity index (χ1) is 6.29. The van der Waals surface area contributed by atoms with E-state index >= 15 is 0 Å². The zero-order chi connectivity index (χ0) is 9.68. The van der Waals surface area contributed by atoms with Crippen LogP contribution in [0.5, 0.6) is 0 Å². The lowest BCUT2D eigenvalue weighted by Crippen LogP contribution is -2.18. The van der Waals surface area contributed by atoms with E-state index in [-0.39, 0.29) is 0 Å². The van der Waals surface area contributed by atoms with Gasteiger partial charge in [0.1, 0.15) is 12.2 Å². The zero-order valence-electron chi connectivity index (χ0n) is 8.62. The second kappa shape index (κ2) is 4.97. The summed E-state index contributed by atoms with van der Waals surface area (Å²) in [5.41, 5.74) is 0. The van der Waals surface area contributed by atoms with E-state index in [1.165, 1.54) is 0 Å². The first-order valence-electron chi connectivity index (χ1n) is 4.88. The maximum atomic E-state index is 4.21. The summed E-state index contributed by atoms with van der Waals surface area (Å²) in [6, 6.07) is 0.441. The Morgan fingerprint density at radius 3 is 2.92 bits per heavy atom. The van der Waals surface area contributed by atoms with Crippen molar-refractivity contribution < 1.29 is 0 Å². The summed E-state index contributed by atoms with van der Waals surface area (Å²) < 4.78 is 1.99. The molecule has 0 aliphatic rings. The van der Waals surface area contributed by atoms with Crippen molar-refractivity contribution in [3.05, 3.63) is 12.2 Å². The van der Waals surface area contributed by atoms with Gasteiger partial charge in [-0.1, -0.05) is 13.8 Å². The highest BCUT2D eigenvalue weighted by molar-refractivity contribution is 4.85. The van der Waals surface area contributed by atoms with Gasteiger partial charge in [-0.25, -0.2) is 9.67 Å². The van der Waals surface area contributed by atoms with Gasteiger partial charge in [0.05, 0.1) is 12.6 Å². The Morgan fingerprint density at radius 1 is 1.54 bits per heavy atom. The Labute approximate surface area is 79.4 Å². The van der Waals surface area contributed by atoms with Crippen molar-refractivity contribution in [2.45, 2.75) is 39.8 Å². The molecule has 1 heterocycles. The molecule has 0 saturated heterocycles. The molecule has 0 bridgehead atoms. The zero-order valence-corrected chi connectivity index (χ0v) is 8.62. The number of nitrogens with one attached hydrogen (secondary N) is 1. The standard InChI is InChI=1S/C9H18N4/c1-4-8(3)13-9(6-10-5-2)11-7-12-13/h7-8,10H,4-6H2,1-3H3. The number of nitrogens with zero attached hydrogens (tertiary/aromatic N) is 3. The van der Waals surface area contributed by atoms with Gasteiger partial charge in [-0.05, 0) is 19.9 Å². The van der Waals surface area contributed by atoms with Gasteiger partial charge in [-0.3, -0.25) is 0 Å². The summed E-state index contributed by atoms with van der Waals surface area (Å²) in [7, 11) is 0. The third kappa shape index (κ3) is 2.52. The summed E-state index contributed by atoms with van der Waals surface area (Å²) in [5, 5.41) is 7.45. The van der Waals surface area contributed by atoms with E-state index in [2.05, 4.69) is 36.2 Å². The molecule has 4 heteroatoms. The molecule has 1 N–H and O–H groups in total. The van der Waals surface area contributed by atoms with Gasteiger partial charge in [-0.15, -0.1) is 0 Å². The fraction of sp³-hybridized carbons (Fsp3) is 0.778. The van der Waals surface area contributed by atoms with Crippen molar-refractivity contribution in [3.8, 4) is 0 Å². The summed E-state index contributed by atoms with van der Waals surface area (Å²) in [5.74, 6) is 1.02. The number of hydrogen-bond donors (Lipinski definition) is 1. The molecule has 0 radical (unpaired) electrons. The predicted molar refractivity (Wildman–Crippen MR) is 52.4 cm³/mol. The van der Waals surface area contributed by atoms with Crippen LogP contribution >= 0.6 is 0 Å². The van der Waals surface area contributed by atoms with Gasteiger partial charge in [0.15, 0.2) is 0 Å². The normalized spacial score (nSPS) is 13.2. The third-order valence-electron chi connectivity index (χ3n) is 2.19. The minimum absolute atomic E-state index is 0.441. The van der Waals surface area contributed by atoms with Crippen LogP contribution in [-0.4, -0.2) is 21.3 Å². The molecule has 0 aromatic carbocycles. The second-order valence-corrected chi connectivity index (χ2v) is 3.16. The van der Waals surface area contributed by atoms with E-state index in [1.54, 1.807) is 6.33 Å². The van der Waals surface area contributed by atoms with E-state index in [0.29, 0.717) is 6.04 Å². The summed E-state index contributed by atoms with van der Waals surface area (Å²) >= 11 is 0. The molecule has 4 nitrogen and oxygen atoms in total. The molecule has 0 aliphatic heterocycles. The number of hydrogen-bond acceptors (Lipinski definition) is 3. The second-order valence-electron chi connectivity index (χ2n) is 3.16. The Balaban J connectivity index is 2.65. The average molecular weight is 182 g/mol. The minimum atomic E-state index is 0.441. The highest BCUT2D eigenvalue weighted by atomic mass is 15.4. The maximum Gasteiger partial charge on any atom is 0.141 e. The molecule has 0 amide bonds. The van der Waals surface area contributed by atoms with E-state index in [0.717, 1.165) is 25.3 Å². The summed E-state index contributed by atoms with van der Waals surface area (Å²) in [6.07, 6.45) is 2.71. The largest absolute Gasteiger partial charge is 0.310 e. The molecule has 1 aromatic heterocycles. The monoisotopic (exact) mass is 182 g/mol. The SMILES string of the molecule is CCNCc1ncnn1C(C)CC. The Morgan fingerprint density at radius 2 is 2.31 bits per heavy atom. The van der Waals surface area contributed by atoms with Crippen LogP contribution in [-0.2, 0) is 6.54 Å². The van der Waals surface area contributed by atoms with Gasteiger partial charge in [0, 0.05) is 0 Å². The summed E-state index contributed by atoms with van der Waals surface area (Å²) in [6.45, 7) is 8.17. The third-order valence-corrected chi connectivity index (χ3v) is 2.19. The van der Waals surface area contributed by atoms with Gasteiger partial charge in [0.25, 0.3) is 0 Å². The van der Waals surface area contributed by atoms with Crippen LogP contribution in [0.2, 0.25) is 0 Å². The molecule has 13 heavy (non-hydrogen) atoms. The van der Waals surface area contributed by atoms with E-state index in [9.17, 15) is 0 Å². The number of rotatable bonds is 5. The molecule has 1 atom stereocenters. The predicted octanol–water partition coefficient (Wildman–Crippen LogP) is 1.36. The smallest absolute Gasteiger partial charge is 0.141 e. The lowest BCUT2D eigenvalue weighted by molar-refractivity contribution is 0.449. The van der Waals surface area contributed by atoms with Crippen LogP contribution in [0, 0.1) is 0 Å². The van der Waals surface area contributed by atoms with Crippen LogP contribution in [0.25, 0.3) is 0 Å². The van der Waals surface area contributed by atoms with Crippen molar-refractivity contribution in [3.63, 3.8) is 0 Å². The molecule has 0 spiro atoms. The van der Waals surface area contributed by atoms with Gasteiger partial charge < -0.3 is 5.32 Å². The van der Waals surface area contributed by atoms with Crippen LogP contribution in [0.1, 0.15) is 39.1 Å². The van der Waals surface area contributed by atoms with Gasteiger partial charge >= 0.3 is 0 Å². The van der Waals surface area contributed by atoms with Crippen LogP contribution < -0.4 is 5.32 Å². The van der Waals surface area contributed by atoms with Crippen molar-refractivity contribution in [1.82, 2.24) is 20.1 Å². The van der Waals surface area contributed by atoms with Crippen LogP contribution in [0.4, 0.5) is 0 Å². The fourth-order valence-corrected chi connectivity index (χ4v) is 1.18. The molecule has 0 aliphatic carbocycles. The van der Waals surface area contributed by atoms with Crippen molar-refractivity contribution in [1.29, 1.82) is 0 Å². The number of aromatic nitrogens is 3. The van der Waals surface area contributed by atoms with Gasteiger partial charge in [0.2, 0.25) is 0 Å². The molecule has 74 valence electrons. The topological polar surface area (TPSA) is 42.7 Å². The Bertz CT molecular complexity index is 244. The Kier molecular flexibility index (Phi) is 3.89. The molecule has 1 aromatic rings. The minimum Gasteiger partial charge on any atom is -0.310 e.